The maximum Gasteiger partial charge on any atom is 0.227 e. The molecule has 4 heterocycles. The van der Waals surface area contributed by atoms with E-state index in [1.54, 1.807) is 17.3 Å². The predicted octanol–water partition coefficient (Wildman–Crippen LogP) is 2.05. The maximum absolute atomic E-state index is 14.8. The number of piperidine rings is 2. The largest absolute Gasteiger partial charge is 0.390 e. The Balaban J connectivity index is 1.60. The molecule has 2 aromatic rings. The van der Waals surface area contributed by atoms with Crippen LogP contribution in [0.15, 0.2) is 6.07 Å². The molecule has 0 amide bonds. The van der Waals surface area contributed by atoms with Gasteiger partial charge < -0.3 is 15.3 Å². The maximum atomic E-state index is 14.8. The summed E-state index contributed by atoms with van der Waals surface area (Å²) in [5.41, 5.74) is 0.699. The fraction of sp³-hybridized carbons (Fsp3) is 0.650. The predicted molar refractivity (Wildman–Crippen MR) is 119 cm³/mol. The number of H-pyrrole nitrogens is 1. The Morgan fingerprint density at radius 1 is 1.31 bits per heavy atom. The van der Waals surface area contributed by atoms with Crippen LogP contribution in [0.25, 0.3) is 0 Å². The van der Waals surface area contributed by atoms with E-state index < -0.39 is 22.4 Å². The molecule has 2 fully saturated rings. The number of halogens is 1. The molecule has 3 N–H and O–H groups in total. The minimum absolute atomic E-state index is 0.00564. The minimum Gasteiger partial charge on any atom is -0.390 e. The van der Waals surface area contributed by atoms with Gasteiger partial charge >= 0.3 is 0 Å². The number of fused-ring (bicyclic) bond motifs is 2. The van der Waals surface area contributed by atoms with Gasteiger partial charge in [0.1, 0.15) is 5.69 Å². The van der Waals surface area contributed by atoms with Crippen molar-refractivity contribution in [3.8, 4) is 0 Å². The van der Waals surface area contributed by atoms with Crippen LogP contribution in [0.1, 0.15) is 50.4 Å². The highest BCUT2D eigenvalue weighted by Gasteiger charge is 2.45. The van der Waals surface area contributed by atoms with Crippen molar-refractivity contribution in [2.45, 2.75) is 70.7 Å². The molecule has 4 rings (SSSR count). The highest BCUT2D eigenvalue weighted by molar-refractivity contribution is 7.89. The fourth-order valence-corrected chi connectivity index (χ4v) is 6.41. The van der Waals surface area contributed by atoms with Gasteiger partial charge in [0.15, 0.2) is 17.5 Å². The van der Waals surface area contributed by atoms with E-state index in [0.717, 1.165) is 25.0 Å². The number of hydrogen-bond donors (Lipinski definition) is 3. The SMILES string of the molecule is CCS(=O)(=O)N1[C@@H]2CCC[C@H]1C[C@H](N(C)c1nc(CO)c(F)c(Nc3cc(C)[nH]n3)n1)C2. The first kappa shape index (κ1) is 22.9. The van der Waals surface area contributed by atoms with Crippen molar-refractivity contribution in [3.05, 3.63) is 23.3 Å². The summed E-state index contributed by atoms with van der Waals surface area (Å²) < 4.78 is 41.8. The lowest BCUT2D eigenvalue weighted by Crippen LogP contribution is -2.58. The van der Waals surface area contributed by atoms with E-state index in [9.17, 15) is 17.9 Å². The molecule has 2 aliphatic heterocycles. The Kier molecular flexibility index (Phi) is 6.37. The number of rotatable bonds is 7. The van der Waals surface area contributed by atoms with Crippen LogP contribution in [0.3, 0.4) is 0 Å². The van der Waals surface area contributed by atoms with Gasteiger partial charge in [-0.2, -0.15) is 14.4 Å². The van der Waals surface area contributed by atoms with Gasteiger partial charge in [-0.25, -0.2) is 17.8 Å². The summed E-state index contributed by atoms with van der Waals surface area (Å²) in [6.45, 7) is 2.94. The third-order valence-corrected chi connectivity index (χ3v) is 8.41. The Morgan fingerprint density at radius 3 is 2.56 bits per heavy atom. The van der Waals surface area contributed by atoms with Crippen molar-refractivity contribution in [3.63, 3.8) is 0 Å². The summed E-state index contributed by atoms with van der Waals surface area (Å²) in [5.74, 6) is -0.0109. The van der Waals surface area contributed by atoms with Crippen molar-refractivity contribution >= 4 is 27.6 Å². The lowest BCUT2D eigenvalue weighted by atomic mass is 9.83. The summed E-state index contributed by atoms with van der Waals surface area (Å²) in [4.78, 5) is 10.5. The molecule has 0 saturated carbocycles. The van der Waals surface area contributed by atoms with Gasteiger partial charge in [-0.15, -0.1) is 0 Å². The number of sulfonamides is 1. The zero-order chi connectivity index (χ0) is 23.0. The van der Waals surface area contributed by atoms with E-state index in [4.69, 9.17) is 0 Å². The molecule has 0 aliphatic carbocycles. The molecule has 32 heavy (non-hydrogen) atoms. The lowest BCUT2D eigenvalue weighted by molar-refractivity contribution is 0.109. The second-order valence-corrected chi connectivity index (χ2v) is 10.7. The van der Waals surface area contributed by atoms with E-state index in [0.29, 0.717) is 18.7 Å². The number of aliphatic hydroxyl groups excluding tert-OH is 1. The standard InChI is InChI=1S/C20H30FN7O3S/c1-4-32(30,31)28-13-6-5-7-14(28)10-15(9-13)27(3)20-22-16(11-29)18(21)19(24-20)23-17-8-12(2)25-26-17/h8,13-15,29H,4-7,9-11H2,1-3H3,(H2,22,23,24,25,26)/t13-,14+,15-. The number of nitrogens with zero attached hydrogens (tertiary/aromatic N) is 5. The van der Waals surface area contributed by atoms with E-state index in [1.807, 2.05) is 18.9 Å². The summed E-state index contributed by atoms with van der Waals surface area (Å²) >= 11 is 0. The first-order valence-corrected chi connectivity index (χ1v) is 12.5. The molecule has 0 spiro atoms. The van der Waals surface area contributed by atoms with Gasteiger partial charge in [-0.3, -0.25) is 5.10 Å². The molecule has 2 bridgehead atoms. The van der Waals surface area contributed by atoms with Crippen molar-refractivity contribution in [2.24, 2.45) is 0 Å². The molecule has 176 valence electrons. The Morgan fingerprint density at radius 2 is 2.00 bits per heavy atom. The van der Waals surface area contributed by atoms with Gasteiger partial charge in [0.25, 0.3) is 0 Å². The first-order valence-electron chi connectivity index (χ1n) is 10.9. The van der Waals surface area contributed by atoms with Gasteiger partial charge in [0.2, 0.25) is 16.0 Å². The molecule has 0 aromatic carbocycles. The third kappa shape index (κ3) is 4.30. The summed E-state index contributed by atoms with van der Waals surface area (Å²) in [6, 6.07) is 1.62. The van der Waals surface area contributed by atoms with E-state index in [-0.39, 0.29) is 41.3 Å². The van der Waals surface area contributed by atoms with Crippen LogP contribution >= 0.6 is 0 Å². The molecule has 10 nitrogen and oxygen atoms in total. The zero-order valence-electron chi connectivity index (χ0n) is 18.5. The van der Waals surface area contributed by atoms with E-state index >= 15 is 0 Å². The van der Waals surface area contributed by atoms with E-state index in [2.05, 4.69) is 25.5 Å². The normalized spacial score (nSPS) is 23.8. The number of aromatic nitrogens is 4. The van der Waals surface area contributed by atoms with Crippen LogP contribution in [-0.4, -0.2) is 68.9 Å². The van der Waals surface area contributed by atoms with Crippen LogP contribution in [0.4, 0.5) is 22.0 Å². The highest BCUT2D eigenvalue weighted by Crippen LogP contribution is 2.38. The van der Waals surface area contributed by atoms with Gasteiger partial charge in [0.05, 0.1) is 12.4 Å². The van der Waals surface area contributed by atoms with Gasteiger partial charge in [-0.1, -0.05) is 6.42 Å². The molecule has 2 aliphatic rings. The second kappa shape index (κ2) is 8.91. The Hall–Kier alpha value is -2.31. The third-order valence-electron chi connectivity index (χ3n) is 6.44. The Bertz CT molecular complexity index is 1060. The molecule has 2 aromatic heterocycles. The van der Waals surface area contributed by atoms with Crippen LogP contribution in [-0.2, 0) is 16.6 Å². The number of aromatic amines is 1. The van der Waals surface area contributed by atoms with Crippen LogP contribution in [0.2, 0.25) is 0 Å². The second-order valence-electron chi connectivity index (χ2n) is 8.56. The Labute approximate surface area is 187 Å². The molecule has 2 saturated heterocycles. The molecule has 3 atom stereocenters. The minimum atomic E-state index is -3.27. The monoisotopic (exact) mass is 467 g/mol. The van der Waals surface area contributed by atoms with Crippen molar-refractivity contribution in [2.75, 3.05) is 23.0 Å². The van der Waals surface area contributed by atoms with Crippen molar-refractivity contribution in [1.29, 1.82) is 0 Å². The van der Waals surface area contributed by atoms with Crippen LogP contribution in [0, 0.1) is 12.7 Å². The first-order chi connectivity index (χ1) is 15.2. The molecule has 12 heteroatoms. The molecular formula is C20H30FN7O3S. The fourth-order valence-electron chi connectivity index (χ4n) is 4.82. The van der Waals surface area contributed by atoms with Gasteiger partial charge in [-0.05, 0) is 39.5 Å². The number of aryl methyl sites for hydroxylation is 1. The van der Waals surface area contributed by atoms with Crippen molar-refractivity contribution < 1.29 is 17.9 Å². The molecular weight excluding hydrogens is 437 g/mol. The van der Waals surface area contributed by atoms with E-state index in [1.165, 1.54) is 0 Å². The lowest BCUT2D eigenvalue weighted by Gasteiger charge is -2.49. The molecule has 0 radical (unpaired) electrons. The van der Waals surface area contributed by atoms with Crippen LogP contribution in [0.5, 0.6) is 0 Å². The average molecular weight is 468 g/mol. The number of hydrogen-bond acceptors (Lipinski definition) is 8. The smallest absolute Gasteiger partial charge is 0.227 e. The van der Waals surface area contributed by atoms with Crippen molar-refractivity contribution in [1.82, 2.24) is 24.5 Å². The quantitative estimate of drug-likeness (QED) is 0.565. The number of nitrogens with one attached hydrogen (secondary N) is 2. The zero-order valence-corrected chi connectivity index (χ0v) is 19.4. The highest BCUT2D eigenvalue weighted by atomic mass is 32.2. The number of aliphatic hydroxyl groups is 1. The summed E-state index contributed by atoms with van der Waals surface area (Å²) in [6.07, 6.45) is 3.99. The van der Waals surface area contributed by atoms with Crippen LogP contribution < -0.4 is 10.2 Å². The summed E-state index contributed by atoms with van der Waals surface area (Å²) in [7, 11) is -1.43. The molecule has 0 unspecified atom stereocenters. The summed E-state index contributed by atoms with van der Waals surface area (Å²) in [5, 5.41) is 19.3. The van der Waals surface area contributed by atoms with Gasteiger partial charge in [0, 0.05) is 36.9 Å². The topological polar surface area (TPSA) is 127 Å². The number of anilines is 3. The average Bonchev–Trinajstić information content (AvgIpc) is 3.18.